The van der Waals surface area contributed by atoms with E-state index in [9.17, 15) is 10.1 Å². The molecule has 0 fully saturated rings. The number of nitrogens with zero attached hydrogens (tertiary/aromatic N) is 4. The fourth-order valence-electron chi connectivity index (χ4n) is 3.62. The lowest BCUT2D eigenvalue weighted by Crippen LogP contribution is -2.18. The monoisotopic (exact) mass is 443 g/mol. The van der Waals surface area contributed by atoms with E-state index in [4.69, 9.17) is 19.2 Å². The van der Waals surface area contributed by atoms with Gasteiger partial charge in [-0.2, -0.15) is 15.0 Å². The van der Waals surface area contributed by atoms with Crippen molar-refractivity contribution in [3.63, 3.8) is 0 Å². The highest BCUT2D eigenvalue weighted by atomic mass is 16.5. The molecule has 0 aliphatic carbocycles. The lowest BCUT2D eigenvalue weighted by Gasteiger charge is -2.15. The molecule has 0 aliphatic heterocycles. The largest absolute Gasteiger partial charge is 0.496 e. The number of aryl methyl sites for hydroxylation is 1. The highest BCUT2D eigenvalue weighted by molar-refractivity contribution is 6.08. The van der Waals surface area contributed by atoms with E-state index >= 15 is 0 Å². The number of ether oxygens (including phenoxy) is 3. The SMILES string of the molecule is COc1cccc(OC)c1C(=O)Nc1c(C#N)cnn1-c1cc(C)c2cccc(OC)c2n1. The van der Waals surface area contributed by atoms with Crippen LogP contribution in [0, 0.1) is 18.3 Å². The van der Waals surface area contributed by atoms with Crippen LogP contribution >= 0.6 is 0 Å². The number of hydrogen-bond acceptors (Lipinski definition) is 7. The molecule has 9 heteroatoms. The Balaban J connectivity index is 1.84. The summed E-state index contributed by atoms with van der Waals surface area (Å²) in [6.07, 6.45) is 1.37. The number of rotatable bonds is 6. The summed E-state index contributed by atoms with van der Waals surface area (Å²) in [5, 5.41) is 17.6. The third-order valence-corrected chi connectivity index (χ3v) is 5.21. The summed E-state index contributed by atoms with van der Waals surface area (Å²) >= 11 is 0. The Labute approximate surface area is 190 Å². The molecule has 1 N–H and O–H groups in total. The molecule has 0 spiro atoms. The highest BCUT2D eigenvalue weighted by Crippen LogP contribution is 2.31. The van der Waals surface area contributed by atoms with Crippen molar-refractivity contribution in [3.05, 3.63) is 65.4 Å². The summed E-state index contributed by atoms with van der Waals surface area (Å²) in [7, 11) is 4.50. The van der Waals surface area contributed by atoms with E-state index in [2.05, 4.69) is 16.5 Å². The van der Waals surface area contributed by atoms with Crippen LogP contribution in [0.3, 0.4) is 0 Å². The number of nitriles is 1. The minimum absolute atomic E-state index is 0.177. The number of nitrogens with one attached hydrogen (secondary N) is 1. The minimum Gasteiger partial charge on any atom is -0.496 e. The Bertz CT molecular complexity index is 1380. The van der Waals surface area contributed by atoms with Gasteiger partial charge in [-0.25, -0.2) is 4.98 Å². The first-order valence-corrected chi connectivity index (χ1v) is 9.97. The molecule has 2 aromatic heterocycles. The van der Waals surface area contributed by atoms with Gasteiger partial charge in [0.1, 0.15) is 40.0 Å². The first-order chi connectivity index (χ1) is 16.0. The molecule has 0 bridgehead atoms. The Kier molecular flexibility index (Phi) is 5.83. The van der Waals surface area contributed by atoms with E-state index in [-0.39, 0.29) is 16.9 Å². The normalized spacial score (nSPS) is 10.5. The van der Waals surface area contributed by atoms with Gasteiger partial charge in [0.15, 0.2) is 11.6 Å². The second kappa shape index (κ2) is 8.88. The molecule has 4 rings (SSSR count). The first kappa shape index (κ1) is 21.6. The van der Waals surface area contributed by atoms with Gasteiger partial charge in [-0.3, -0.25) is 4.79 Å². The minimum atomic E-state index is -0.516. The third kappa shape index (κ3) is 3.78. The summed E-state index contributed by atoms with van der Waals surface area (Å²) in [6.45, 7) is 1.94. The Morgan fingerprint density at radius 2 is 1.67 bits per heavy atom. The van der Waals surface area contributed by atoms with Gasteiger partial charge in [-0.05, 0) is 36.8 Å². The number of benzene rings is 2. The van der Waals surface area contributed by atoms with Crippen molar-refractivity contribution in [2.24, 2.45) is 0 Å². The number of fused-ring (bicyclic) bond motifs is 1. The Morgan fingerprint density at radius 1 is 1.03 bits per heavy atom. The molecule has 2 aromatic carbocycles. The number of amides is 1. The van der Waals surface area contributed by atoms with Crippen LogP contribution in [-0.4, -0.2) is 42.0 Å². The summed E-state index contributed by atoms with van der Waals surface area (Å²) < 4.78 is 17.5. The van der Waals surface area contributed by atoms with Gasteiger partial charge in [-0.1, -0.05) is 18.2 Å². The number of para-hydroxylation sites is 1. The summed E-state index contributed by atoms with van der Waals surface area (Å²) in [5.74, 6) is 1.36. The van der Waals surface area contributed by atoms with Crippen LogP contribution in [0.1, 0.15) is 21.5 Å². The van der Waals surface area contributed by atoms with E-state index in [0.717, 1.165) is 10.9 Å². The van der Waals surface area contributed by atoms with Gasteiger partial charge < -0.3 is 19.5 Å². The summed E-state index contributed by atoms with van der Waals surface area (Å²) in [5.41, 5.74) is 1.96. The van der Waals surface area contributed by atoms with Gasteiger partial charge in [0.25, 0.3) is 5.91 Å². The molecule has 0 atom stereocenters. The predicted octanol–water partition coefficient (Wildman–Crippen LogP) is 3.88. The van der Waals surface area contributed by atoms with Crippen LogP contribution in [0.15, 0.2) is 48.7 Å². The average molecular weight is 443 g/mol. The van der Waals surface area contributed by atoms with E-state index < -0.39 is 5.91 Å². The predicted molar refractivity (Wildman–Crippen MR) is 122 cm³/mol. The van der Waals surface area contributed by atoms with Crippen molar-refractivity contribution in [2.75, 3.05) is 26.6 Å². The zero-order chi connectivity index (χ0) is 23.5. The Morgan fingerprint density at radius 3 is 2.30 bits per heavy atom. The number of hydrogen-bond donors (Lipinski definition) is 1. The highest BCUT2D eigenvalue weighted by Gasteiger charge is 2.23. The van der Waals surface area contributed by atoms with Crippen LogP contribution in [0.5, 0.6) is 17.2 Å². The van der Waals surface area contributed by atoms with E-state index in [1.165, 1.54) is 25.1 Å². The molecule has 33 heavy (non-hydrogen) atoms. The summed E-state index contributed by atoms with van der Waals surface area (Å²) in [6, 6.07) is 14.6. The smallest absolute Gasteiger partial charge is 0.264 e. The van der Waals surface area contributed by atoms with Gasteiger partial charge in [-0.15, -0.1) is 0 Å². The molecule has 166 valence electrons. The van der Waals surface area contributed by atoms with Crippen molar-refractivity contribution < 1.29 is 19.0 Å². The van der Waals surface area contributed by atoms with Crippen LogP contribution in [0.25, 0.3) is 16.7 Å². The molecule has 2 heterocycles. The summed E-state index contributed by atoms with van der Waals surface area (Å²) in [4.78, 5) is 17.9. The van der Waals surface area contributed by atoms with Crippen molar-refractivity contribution in [2.45, 2.75) is 6.92 Å². The molecule has 1 amide bonds. The van der Waals surface area contributed by atoms with Gasteiger partial charge >= 0.3 is 0 Å². The van der Waals surface area contributed by atoms with Crippen LogP contribution in [-0.2, 0) is 0 Å². The van der Waals surface area contributed by atoms with Gasteiger partial charge in [0.05, 0.1) is 27.5 Å². The lowest BCUT2D eigenvalue weighted by atomic mass is 10.1. The van der Waals surface area contributed by atoms with Crippen molar-refractivity contribution in [1.82, 2.24) is 14.8 Å². The van der Waals surface area contributed by atoms with Crippen molar-refractivity contribution in [3.8, 4) is 29.1 Å². The van der Waals surface area contributed by atoms with Crippen LogP contribution in [0.4, 0.5) is 5.82 Å². The fraction of sp³-hybridized carbons (Fsp3) is 0.167. The maximum absolute atomic E-state index is 13.2. The van der Waals surface area contributed by atoms with Crippen LogP contribution < -0.4 is 19.5 Å². The van der Waals surface area contributed by atoms with Gasteiger partial charge in [0, 0.05) is 5.39 Å². The molecule has 0 unspecified atom stereocenters. The van der Waals surface area contributed by atoms with E-state index in [1.54, 1.807) is 25.3 Å². The standard InChI is InChI=1S/C24H21N5O4/c1-14-11-20(27-22-16(14)7-5-10-19(22)33-4)29-23(15(12-25)13-26-29)28-24(30)21-17(31-2)8-6-9-18(21)32-3/h5-11,13H,1-4H3,(H,28,30). The number of aromatic nitrogens is 3. The Hall–Kier alpha value is -4.58. The molecule has 4 aromatic rings. The van der Waals surface area contributed by atoms with E-state index in [1.807, 2.05) is 31.2 Å². The topological polar surface area (TPSA) is 111 Å². The number of carbonyl (C=O) groups is 1. The maximum atomic E-state index is 13.2. The molecule has 0 radical (unpaired) electrons. The lowest BCUT2D eigenvalue weighted by molar-refractivity contribution is 0.102. The molecular formula is C24H21N5O4. The molecule has 0 saturated carbocycles. The van der Waals surface area contributed by atoms with Crippen molar-refractivity contribution >= 4 is 22.6 Å². The molecule has 9 nitrogen and oxygen atoms in total. The van der Waals surface area contributed by atoms with Gasteiger partial charge in [0.2, 0.25) is 0 Å². The number of methoxy groups -OCH3 is 3. The first-order valence-electron chi connectivity index (χ1n) is 9.97. The maximum Gasteiger partial charge on any atom is 0.264 e. The second-order valence-corrected chi connectivity index (χ2v) is 7.08. The third-order valence-electron chi connectivity index (χ3n) is 5.21. The van der Waals surface area contributed by atoms with Crippen LogP contribution in [0.2, 0.25) is 0 Å². The van der Waals surface area contributed by atoms with E-state index in [0.29, 0.717) is 28.6 Å². The second-order valence-electron chi connectivity index (χ2n) is 7.08. The number of carbonyl (C=O) groups excluding carboxylic acids is 1. The zero-order valence-electron chi connectivity index (χ0n) is 18.5. The fourth-order valence-corrected chi connectivity index (χ4v) is 3.62. The molecule has 0 saturated heterocycles. The molecular weight excluding hydrogens is 422 g/mol. The molecule has 0 aliphatic rings. The van der Waals surface area contributed by atoms with Crippen molar-refractivity contribution in [1.29, 1.82) is 5.26 Å². The number of anilines is 1. The quantitative estimate of drug-likeness (QED) is 0.481. The average Bonchev–Trinajstić information content (AvgIpc) is 3.25. The zero-order valence-corrected chi connectivity index (χ0v) is 18.5. The number of pyridine rings is 1.